The van der Waals surface area contributed by atoms with Gasteiger partial charge in [-0.15, -0.1) is 0 Å². The van der Waals surface area contributed by atoms with E-state index in [2.05, 4.69) is 15.0 Å². The number of alkyl halides is 2. The summed E-state index contributed by atoms with van der Waals surface area (Å²) in [6.07, 6.45) is 3.48. The average molecular weight is 490 g/mol. The quantitative estimate of drug-likeness (QED) is 0.387. The summed E-state index contributed by atoms with van der Waals surface area (Å²) in [6.45, 7) is -0.331. The molecule has 3 rings (SSSR count). The molecule has 2 aromatic carbocycles. The monoisotopic (exact) mass is 489 g/mol. The highest BCUT2D eigenvalue weighted by molar-refractivity contribution is 8.14. The summed E-state index contributed by atoms with van der Waals surface area (Å²) in [4.78, 5) is 31.2. The van der Waals surface area contributed by atoms with Gasteiger partial charge in [0, 0.05) is 6.54 Å². The van der Waals surface area contributed by atoms with Crippen LogP contribution in [0.15, 0.2) is 59.2 Å². The largest absolute Gasteiger partial charge is 0.497 e. The van der Waals surface area contributed by atoms with Crippen molar-refractivity contribution in [3.8, 4) is 11.5 Å². The van der Waals surface area contributed by atoms with Crippen molar-refractivity contribution in [1.29, 1.82) is 0 Å². The number of nitrogens with one attached hydrogen (secondary N) is 1. The molecule has 1 aliphatic heterocycles. The molecule has 34 heavy (non-hydrogen) atoms. The van der Waals surface area contributed by atoms with Crippen LogP contribution < -0.4 is 19.7 Å². The molecule has 0 saturated carbocycles. The van der Waals surface area contributed by atoms with Crippen molar-refractivity contribution in [3.63, 3.8) is 0 Å². The Morgan fingerprint density at radius 1 is 1.15 bits per heavy atom. The number of rotatable bonds is 10. The van der Waals surface area contributed by atoms with E-state index in [4.69, 9.17) is 4.74 Å². The number of hydrogen-bond acceptors (Lipinski definition) is 6. The van der Waals surface area contributed by atoms with Gasteiger partial charge in [-0.1, -0.05) is 37.2 Å². The molecule has 180 valence electrons. The van der Waals surface area contributed by atoms with Crippen LogP contribution in [0.2, 0.25) is 0 Å². The van der Waals surface area contributed by atoms with Crippen molar-refractivity contribution in [1.82, 2.24) is 5.32 Å². The number of unbranched alkanes of at least 4 members (excludes halogenated alkanes) is 1. The summed E-state index contributed by atoms with van der Waals surface area (Å²) in [5, 5.41) is 3.15. The summed E-state index contributed by atoms with van der Waals surface area (Å²) in [5.41, 5.74) is 1.35. The first-order valence-electron chi connectivity index (χ1n) is 10.6. The van der Waals surface area contributed by atoms with Gasteiger partial charge in [0.15, 0.2) is 5.17 Å². The van der Waals surface area contributed by atoms with Gasteiger partial charge in [0.1, 0.15) is 17.2 Å². The highest BCUT2D eigenvalue weighted by atomic mass is 32.2. The van der Waals surface area contributed by atoms with Crippen molar-refractivity contribution in [2.75, 3.05) is 24.3 Å². The number of carbonyl (C=O) groups excluding carboxylic acids is 2. The molecule has 1 N–H and O–H groups in total. The van der Waals surface area contributed by atoms with E-state index in [0.717, 1.165) is 30.2 Å². The van der Waals surface area contributed by atoms with Gasteiger partial charge in [-0.3, -0.25) is 14.5 Å². The van der Waals surface area contributed by atoms with Crippen LogP contribution in [0, 0.1) is 0 Å². The van der Waals surface area contributed by atoms with E-state index in [9.17, 15) is 18.4 Å². The van der Waals surface area contributed by atoms with E-state index in [1.807, 2.05) is 6.92 Å². The van der Waals surface area contributed by atoms with Crippen LogP contribution in [-0.4, -0.2) is 43.0 Å². The van der Waals surface area contributed by atoms with Gasteiger partial charge in [-0.25, -0.2) is 4.99 Å². The summed E-state index contributed by atoms with van der Waals surface area (Å²) in [7, 11) is 1.57. The lowest BCUT2D eigenvalue weighted by Gasteiger charge is -2.18. The second-order valence-electron chi connectivity index (χ2n) is 7.20. The Hall–Kier alpha value is -3.40. The van der Waals surface area contributed by atoms with Crippen LogP contribution in [0.3, 0.4) is 0 Å². The predicted octanol–water partition coefficient (Wildman–Crippen LogP) is 4.69. The number of aliphatic imine (C=N–C) groups is 1. The lowest BCUT2D eigenvalue weighted by atomic mass is 10.2. The molecule has 0 bridgehead atoms. The third kappa shape index (κ3) is 6.80. The molecule has 0 saturated heterocycles. The van der Waals surface area contributed by atoms with Crippen LogP contribution in [0.5, 0.6) is 11.5 Å². The van der Waals surface area contributed by atoms with Crippen LogP contribution >= 0.6 is 11.8 Å². The molecular formula is C24H25F2N3O4S. The van der Waals surface area contributed by atoms with Crippen LogP contribution in [0.4, 0.5) is 14.5 Å². The molecule has 2 aromatic rings. The van der Waals surface area contributed by atoms with E-state index < -0.39 is 12.5 Å². The zero-order valence-electron chi connectivity index (χ0n) is 18.8. The number of halogens is 2. The Labute approximate surface area is 200 Å². The predicted molar refractivity (Wildman–Crippen MR) is 129 cm³/mol. The van der Waals surface area contributed by atoms with E-state index >= 15 is 0 Å². The van der Waals surface area contributed by atoms with E-state index in [1.165, 1.54) is 29.2 Å². The third-order valence-electron chi connectivity index (χ3n) is 4.75. The van der Waals surface area contributed by atoms with Gasteiger partial charge in [0.25, 0.3) is 5.91 Å². The van der Waals surface area contributed by atoms with E-state index in [0.29, 0.717) is 23.1 Å². The molecule has 0 aliphatic carbocycles. The van der Waals surface area contributed by atoms with Gasteiger partial charge in [-0.2, -0.15) is 8.78 Å². The fraction of sp³-hybridized carbons (Fsp3) is 0.292. The van der Waals surface area contributed by atoms with Crippen molar-refractivity contribution in [2.24, 2.45) is 4.99 Å². The highest BCUT2D eigenvalue weighted by Gasteiger charge is 2.32. The number of amides is 2. The van der Waals surface area contributed by atoms with E-state index in [-0.39, 0.29) is 23.1 Å². The fourth-order valence-electron chi connectivity index (χ4n) is 3.04. The Morgan fingerprint density at radius 2 is 1.82 bits per heavy atom. The van der Waals surface area contributed by atoms with Gasteiger partial charge in [0.05, 0.1) is 18.6 Å². The number of ether oxygens (including phenoxy) is 2. The van der Waals surface area contributed by atoms with Gasteiger partial charge in [-0.05, 0) is 54.5 Å². The lowest BCUT2D eigenvalue weighted by Crippen LogP contribution is -2.32. The Balaban J connectivity index is 1.83. The number of amidine groups is 1. The molecule has 0 unspecified atom stereocenters. The van der Waals surface area contributed by atoms with Crippen molar-refractivity contribution >= 4 is 40.5 Å². The number of benzene rings is 2. The third-order valence-corrected chi connectivity index (χ3v) is 5.69. The number of nitrogens with zero attached hydrogens (tertiary/aromatic N) is 2. The Morgan fingerprint density at radius 3 is 2.44 bits per heavy atom. The van der Waals surface area contributed by atoms with E-state index in [1.54, 1.807) is 37.5 Å². The summed E-state index contributed by atoms with van der Waals surface area (Å²) >= 11 is 1.12. The number of carbonyl (C=O) groups is 2. The first-order chi connectivity index (χ1) is 16.4. The summed E-state index contributed by atoms with van der Waals surface area (Å²) < 4.78 is 34.5. The van der Waals surface area contributed by atoms with Gasteiger partial charge >= 0.3 is 6.61 Å². The lowest BCUT2D eigenvalue weighted by molar-refractivity contribution is -0.118. The minimum Gasteiger partial charge on any atom is -0.497 e. The van der Waals surface area contributed by atoms with Crippen molar-refractivity contribution < 1.29 is 27.8 Å². The van der Waals surface area contributed by atoms with Crippen LogP contribution in [0.25, 0.3) is 6.08 Å². The molecule has 7 nitrogen and oxygen atoms in total. The standard InChI is InChI=1S/C24H25F2N3O4S/c1-3-4-13-27-21(30)15-34-24-28-20(14-16-5-9-18(32-2)10-6-16)22(31)29(24)17-7-11-19(12-8-17)33-23(25)26/h5-12,14,23H,3-4,13,15H2,1-2H3,(H,27,30)/b20-14+. The second kappa shape index (κ2) is 12.2. The van der Waals surface area contributed by atoms with Crippen LogP contribution in [-0.2, 0) is 9.59 Å². The molecule has 0 atom stereocenters. The second-order valence-corrected chi connectivity index (χ2v) is 8.14. The minimum absolute atomic E-state index is 0.0270. The number of anilines is 1. The first-order valence-corrected chi connectivity index (χ1v) is 11.6. The molecule has 2 amide bonds. The summed E-state index contributed by atoms with van der Waals surface area (Å²) in [5.74, 6) is 0.172. The van der Waals surface area contributed by atoms with Crippen molar-refractivity contribution in [2.45, 2.75) is 26.4 Å². The topological polar surface area (TPSA) is 80.2 Å². The summed E-state index contributed by atoms with van der Waals surface area (Å²) in [6, 6.07) is 12.8. The number of thioether (sulfide) groups is 1. The van der Waals surface area contributed by atoms with Gasteiger partial charge < -0.3 is 14.8 Å². The minimum atomic E-state index is -2.95. The number of methoxy groups -OCH3 is 1. The maximum atomic E-state index is 13.2. The van der Waals surface area contributed by atoms with Crippen LogP contribution in [0.1, 0.15) is 25.3 Å². The SMILES string of the molecule is CCCCNC(=O)CSC1=N/C(=C/c2ccc(OC)cc2)C(=O)N1c1ccc(OC(F)F)cc1. The van der Waals surface area contributed by atoms with Gasteiger partial charge in [0.2, 0.25) is 5.91 Å². The maximum Gasteiger partial charge on any atom is 0.387 e. The smallest absolute Gasteiger partial charge is 0.387 e. The molecule has 10 heteroatoms. The zero-order chi connectivity index (χ0) is 24.5. The zero-order valence-corrected chi connectivity index (χ0v) is 19.6. The molecule has 0 fully saturated rings. The fourth-order valence-corrected chi connectivity index (χ4v) is 3.88. The number of hydrogen-bond donors (Lipinski definition) is 1. The molecular weight excluding hydrogens is 464 g/mol. The Kier molecular flexibility index (Phi) is 9.03. The molecule has 0 aromatic heterocycles. The van der Waals surface area contributed by atoms with Crippen molar-refractivity contribution in [3.05, 3.63) is 59.8 Å². The molecule has 0 radical (unpaired) electrons. The Bertz CT molecular complexity index is 1060. The maximum absolute atomic E-state index is 13.2. The molecule has 1 aliphatic rings. The first kappa shape index (κ1) is 25.2. The molecule has 0 spiro atoms. The highest BCUT2D eigenvalue weighted by Crippen LogP contribution is 2.31. The normalized spacial score (nSPS) is 14.5. The molecule has 1 heterocycles. The average Bonchev–Trinajstić information content (AvgIpc) is 3.13.